The number of hydrogen-bond acceptors (Lipinski definition) is 4. The van der Waals surface area contributed by atoms with E-state index >= 15 is 0 Å². The van der Waals surface area contributed by atoms with Crippen LogP contribution >= 0.6 is 11.6 Å². The molecule has 1 aliphatic heterocycles. The van der Waals surface area contributed by atoms with Gasteiger partial charge in [-0.15, -0.1) is 0 Å². The van der Waals surface area contributed by atoms with Crippen LogP contribution in [0.3, 0.4) is 0 Å². The first-order valence-electron chi connectivity index (χ1n) is 9.21. The zero-order valence-corrected chi connectivity index (χ0v) is 15.8. The van der Waals surface area contributed by atoms with Crippen molar-refractivity contribution in [3.63, 3.8) is 0 Å². The van der Waals surface area contributed by atoms with E-state index in [1.807, 2.05) is 10.9 Å². The summed E-state index contributed by atoms with van der Waals surface area (Å²) in [5.74, 6) is -0.309. The number of nitrogens with zero attached hydrogens (tertiary/aromatic N) is 2. The molecule has 0 spiro atoms. The number of anilines is 1. The van der Waals surface area contributed by atoms with Crippen LogP contribution in [0.2, 0.25) is 5.02 Å². The zero-order chi connectivity index (χ0) is 19.1. The van der Waals surface area contributed by atoms with Gasteiger partial charge in [0.05, 0.1) is 6.04 Å². The monoisotopic (exact) mass is 389 g/mol. The van der Waals surface area contributed by atoms with Crippen LogP contribution in [0.5, 0.6) is 0 Å². The molecule has 2 heterocycles. The molecule has 7 nitrogen and oxygen atoms in total. The summed E-state index contributed by atoms with van der Waals surface area (Å²) in [5, 5.41) is 14.0. The summed E-state index contributed by atoms with van der Waals surface area (Å²) in [6.45, 7) is 2.34. The summed E-state index contributed by atoms with van der Waals surface area (Å²) in [6.07, 6.45) is 4.91. The Hall–Kier alpha value is -2.38. The molecule has 1 atom stereocenters. The normalized spacial score (nSPS) is 16.7. The molecular formula is C19H24ClN5O2. The molecule has 2 aromatic rings. The van der Waals surface area contributed by atoms with E-state index in [2.05, 4.69) is 21.0 Å². The Morgan fingerprint density at radius 2 is 2.07 bits per heavy atom. The molecule has 1 aromatic heterocycles. The number of rotatable bonds is 7. The zero-order valence-electron chi connectivity index (χ0n) is 15.1. The first kappa shape index (κ1) is 19.4. The molecule has 144 valence electrons. The van der Waals surface area contributed by atoms with Crippen LogP contribution in [0, 0.1) is 0 Å². The third-order valence-corrected chi connectivity index (χ3v) is 4.73. The number of nitrogens with one attached hydrogen (secondary N) is 3. The van der Waals surface area contributed by atoms with Crippen LogP contribution in [-0.2, 0) is 4.79 Å². The lowest BCUT2D eigenvalue weighted by molar-refractivity contribution is -0.116. The lowest BCUT2D eigenvalue weighted by Gasteiger charge is -2.22. The molecule has 1 fully saturated rings. The highest BCUT2D eigenvalue weighted by molar-refractivity contribution is 6.30. The fourth-order valence-electron chi connectivity index (χ4n) is 3.02. The van der Waals surface area contributed by atoms with Crippen LogP contribution in [0.15, 0.2) is 36.5 Å². The second kappa shape index (κ2) is 9.53. The summed E-state index contributed by atoms with van der Waals surface area (Å²) in [4.78, 5) is 24.1. The van der Waals surface area contributed by atoms with Crippen LogP contribution in [0.25, 0.3) is 0 Å². The molecule has 8 heteroatoms. The Morgan fingerprint density at radius 3 is 2.81 bits per heavy atom. The van der Waals surface area contributed by atoms with Gasteiger partial charge in [-0.25, -0.2) is 0 Å². The van der Waals surface area contributed by atoms with Gasteiger partial charge in [-0.2, -0.15) is 5.10 Å². The molecule has 0 radical (unpaired) electrons. The van der Waals surface area contributed by atoms with Gasteiger partial charge < -0.3 is 16.0 Å². The predicted octanol–water partition coefficient (Wildman–Crippen LogP) is 2.61. The average Bonchev–Trinajstić information content (AvgIpc) is 3.18. The maximum atomic E-state index is 12.2. The van der Waals surface area contributed by atoms with E-state index in [9.17, 15) is 9.59 Å². The lowest BCUT2D eigenvalue weighted by atomic mass is 10.1. The number of carbonyl (C=O) groups excluding carboxylic acids is 2. The number of aromatic nitrogens is 2. The van der Waals surface area contributed by atoms with E-state index in [1.54, 1.807) is 30.3 Å². The van der Waals surface area contributed by atoms with Gasteiger partial charge in [-0.1, -0.05) is 11.6 Å². The number of carbonyl (C=O) groups is 2. The van der Waals surface area contributed by atoms with Crippen LogP contribution < -0.4 is 16.0 Å². The van der Waals surface area contributed by atoms with Gasteiger partial charge in [0.25, 0.3) is 5.91 Å². The van der Waals surface area contributed by atoms with Crippen molar-refractivity contribution in [2.75, 3.05) is 25.0 Å². The Balaban J connectivity index is 1.37. The van der Waals surface area contributed by atoms with Crippen molar-refractivity contribution in [1.29, 1.82) is 0 Å². The molecule has 3 N–H and O–H groups in total. The molecule has 1 aromatic carbocycles. The molecule has 2 amide bonds. The second-order valence-corrected chi connectivity index (χ2v) is 7.03. The van der Waals surface area contributed by atoms with Crippen LogP contribution in [0.4, 0.5) is 5.69 Å². The van der Waals surface area contributed by atoms with Gasteiger partial charge in [0.1, 0.15) is 5.69 Å². The van der Waals surface area contributed by atoms with Gasteiger partial charge in [0, 0.05) is 36.4 Å². The maximum absolute atomic E-state index is 12.2. The number of benzene rings is 1. The molecule has 3 rings (SSSR count). The van der Waals surface area contributed by atoms with E-state index in [0.29, 0.717) is 41.8 Å². The average molecular weight is 390 g/mol. The van der Waals surface area contributed by atoms with Crippen molar-refractivity contribution in [3.8, 4) is 0 Å². The summed E-state index contributed by atoms with van der Waals surface area (Å²) in [5.41, 5.74) is 1.11. The van der Waals surface area contributed by atoms with Gasteiger partial charge in [0.2, 0.25) is 5.91 Å². The molecule has 27 heavy (non-hydrogen) atoms. The highest BCUT2D eigenvalue weighted by Gasteiger charge is 2.17. The van der Waals surface area contributed by atoms with E-state index < -0.39 is 0 Å². The van der Waals surface area contributed by atoms with Gasteiger partial charge in [0.15, 0.2) is 0 Å². The smallest absolute Gasteiger partial charge is 0.271 e. The largest absolute Gasteiger partial charge is 0.351 e. The Kier molecular flexibility index (Phi) is 6.84. The number of halogens is 1. The fraction of sp³-hybridized carbons (Fsp3) is 0.421. The van der Waals surface area contributed by atoms with E-state index in [4.69, 9.17) is 11.6 Å². The molecule has 1 aliphatic rings. The Bertz CT molecular complexity index is 769. The van der Waals surface area contributed by atoms with Gasteiger partial charge in [-0.05, 0) is 56.1 Å². The van der Waals surface area contributed by atoms with Crippen molar-refractivity contribution >= 4 is 29.1 Å². The van der Waals surface area contributed by atoms with E-state index in [-0.39, 0.29) is 11.8 Å². The highest BCUT2D eigenvalue weighted by Crippen LogP contribution is 2.16. The number of hydrogen-bond donors (Lipinski definition) is 3. The fourth-order valence-corrected chi connectivity index (χ4v) is 3.15. The maximum Gasteiger partial charge on any atom is 0.271 e. The molecule has 0 bridgehead atoms. The SMILES string of the molecule is O=C(CCCNC(=O)c1ccn(C2CCCNC2)n1)Nc1ccc(Cl)cc1. The van der Waals surface area contributed by atoms with Crippen molar-refractivity contribution in [3.05, 3.63) is 47.2 Å². The van der Waals surface area contributed by atoms with Gasteiger partial charge >= 0.3 is 0 Å². The Labute approximate surface area is 163 Å². The second-order valence-electron chi connectivity index (χ2n) is 6.60. The standard InChI is InChI=1S/C19H24ClN5O2/c20-14-5-7-15(8-6-14)23-18(26)4-2-11-22-19(27)17-9-12-25(24-17)16-3-1-10-21-13-16/h5-9,12,16,21H,1-4,10-11,13H2,(H,22,27)(H,23,26). The predicted molar refractivity (Wildman–Crippen MR) is 105 cm³/mol. The van der Waals surface area contributed by atoms with Gasteiger partial charge in [-0.3, -0.25) is 14.3 Å². The molecule has 0 saturated carbocycles. The minimum Gasteiger partial charge on any atom is -0.351 e. The van der Waals surface area contributed by atoms with Crippen molar-refractivity contribution in [2.24, 2.45) is 0 Å². The summed E-state index contributed by atoms with van der Waals surface area (Å²) in [6, 6.07) is 8.98. The summed E-state index contributed by atoms with van der Waals surface area (Å²) in [7, 11) is 0. The van der Waals surface area contributed by atoms with E-state index in [1.165, 1.54) is 0 Å². The van der Waals surface area contributed by atoms with Crippen LogP contribution in [-0.4, -0.2) is 41.2 Å². The topological polar surface area (TPSA) is 88.1 Å². The van der Waals surface area contributed by atoms with Crippen molar-refractivity contribution < 1.29 is 9.59 Å². The number of amides is 2. The van der Waals surface area contributed by atoms with Crippen LogP contribution in [0.1, 0.15) is 42.2 Å². The van der Waals surface area contributed by atoms with E-state index in [0.717, 1.165) is 25.9 Å². The van der Waals surface area contributed by atoms with Crippen molar-refractivity contribution in [1.82, 2.24) is 20.4 Å². The lowest BCUT2D eigenvalue weighted by Crippen LogP contribution is -2.32. The molecule has 0 aliphatic carbocycles. The quantitative estimate of drug-likeness (QED) is 0.635. The molecule has 1 saturated heterocycles. The third kappa shape index (κ3) is 5.80. The minimum atomic E-state index is -0.212. The summed E-state index contributed by atoms with van der Waals surface area (Å²) >= 11 is 5.81. The first-order valence-corrected chi connectivity index (χ1v) is 9.59. The molecular weight excluding hydrogens is 366 g/mol. The van der Waals surface area contributed by atoms with Crippen molar-refractivity contribution in [2.45, 2.75) is 31.7 Å². The Morgan fingerprint density at radius 1 is 1.26 bits per heavy atom. The minimum absolute atomic E-state index is 0.0966. The molecule has 1 unspecified atom stereocenters. The highest BCUT2D eigenvalue weighted by atomic mass is 35.5. The summed E-state index contributed by atoms with van der Waals surface area (Å²) < 4.78 is 1.86. The third-order valence-electron chi connectivity index (χ3n) is 4.48. The number of piperidine rings is 1. The first-order chi connectivity index (χ1) is 13.1.